The number of rotatable bonds is 4. The van der Waals surface area contributed by atoms with Crippen LogP contribution in [0.4, 0.5) is 10.5 Å². The Morgan fingerprint density at radius 3 is 2.60 bits per heavy atom. The van der Waals surface area contributed by atoms with Gasteiger partial charge in [-0.05, 0) is 57.9 Å². The second-order valence-electron chi connectivity index (χ2n) is 8.11. The number of carbonyl (C=O) groups excluding carboxylic acids is 1. The quantitative estimate of drug-likeness (QED) is 0.760. The molecule has 2 bridgehead atoms. The SMILES string of the molecule is CC(C)(C)NC(=O)NS(=O)(=O)c1cnccc1N[C@@H]1C[C@H]2CC[C@H]1C2. The third-order valence-corrected chi connectivity index (χ3v) is 6.23. The lowest BCUT2D eigenvalue weighted by atomic mass is 9.95. The summed E-state index contributed by atoms with van der Waals surface area (Å²) in [6, 6.07) is 1.20. The summed E-state index contributed by atoms with van der Waals surface area (Å²) in [6.07, 6.45) is 7.61. The van der Waals surface area contributed by atoms with Crippen molar-refractivity contribution in [2.75, 3.05) is 5.32 Å². The van der Waals surface area contributed by atoms with Gasteiger partial charge in [-0.3, -0.25) is 4.98 Å². The lowest BCUT2D eigenvalue weighted by Crippen LogP contribution is -2.48. The van der Waals surface area contributed by atoms with Crippen molar-refractivity contribution in [2.24, 2.45) is 11.8 Å². The summed E-state index contributed by atoms with van der Waals surface area (Å²) in [5.74, 6) is 1.35. The molecule has 1 aromatic rings. The van der Waals surface area contributed by atoms with Crippen molar-refractivity contribution in [3.05, 3.63) is 18.5 Å². The number of aromatic nitrogens is 1. The highest BCUT2D eigenvalue weighted by molar-refractivity contribution is 7.90. The van der Waals surface area contributed by atoms with Gasteiger partial charge in [-0.2, -0.15) is 0 Å². The van der Waals surface area contributed by atoms with E-state index >= 15 is 0 Å². The predicted molar refractivity (Wildman–Crippen MR) is 95.7 cm³/mol. The van der Waals surface area contributed by atoms with Crippen LogP contribution in [0.3, 0.4) is 0 Å². The van der Waals surface area contributed by atoms with E-state index in [1.807, 2.05) is 0 Å². The largest absolute Gasteiger partial charge is 0.381 e. The first-order chi connectivity index (χ1) is 11.6. The lowest BCUT2D eigenvalue weighted by Gasteiger charge is -2.25. The second kappa shape index (κ2) is 6.48. The molecular formula is C17H26N4O3S. The molecule has 3 atom stereocenters. The number of amides is 2. The molecule has 0 unspecified atom stereocenters. The summed E-state index contributed by atoms with van der Waals surface area (Å²) in [4.78, 5) is 15.9. The standard InChI is InChI=1S/C17H26N4O3S/c1-17(2,3)20-16(22)21-25(23,24)15-10-18-7-6-13(15)19-14-9-11-4-5-12(14)8-11/h6-7,10-12,14H,4-5,8-9H2,1-3H3,(H,18,19)(H2,20,21,22)/t11-,12-,14+/m0/s1. The second-order valence-corrected chi connectivity index (χ2v) is 9.76. The van der Waals surface area contributed by atoms with Gasteiger partial charge >= 0.3 is 6.03 Å². The van der Waals surface area contributed by atoms with Crippen LogP contribution in [0.5, 0.6) is 0 Å². The van der Waals surface area contributed by atoms with Crippen LogP contribution in [0.1, 0.15) is 46.5 Å². The van der Waals surface area contributed by atoms with Crippen LogP contribution < -0.4 is 15.4 Å². The van der Waals surface area contributed by atoms with E-state index in [1.165, 1.54) is 25.5 Å². The van der Waals surface area contributed by atoms with Gasteiger partial charge in [0.15, 0.2) is 0 Å². The van der Waals surface area contributed by atoms with Crippen LogP contribution in [-0.2, 0) is 10.0 Å². The monoisotopic (exact) mass is 366 g/mol. The highest BCUT2D eigenvalue weighted by Gasteiger charge is 2.40. The summed E-state index contributed by atoms with van der Waals surface area (Å²) >= 11 is 0. The van der Waals surface area contributed by atoms with Crippen LogP contribution >= 0.6 is 0 Å². The zero-order valence-corrected chi connectivity index (χ0v) is 15.7. The Kier molecular flexibility index (Phi) is 4.66. The van der Waals surface area contributed by atoms with Crippen molar-refractivity contribution >= 4 is 21.7 Å². The number of nitrogens with zero attached hydrogens (tertiary/aromatic N) is 1. The summed E-state index contributed by atoms with van der Waals surface area (Å²) in [7, 11) is -4.00. The normalized spacial score (nSPS) is 25.6. The van der Waals surface area contributed by atoms with Gasteiger partial charge in [0.2, 0.25) is 0 Å². The molecule has 3 N–H and O–H groups in total. The first kappa shape index (κ1) is 18.0. The summed E-state index contributed by atoms with van der Waals surface area (Å²) in [5, 5.41) is 5.97. The Morgan fingerprint density at radius 1 is 1.24 bits per heavy atom. The van der Waals surface area contributed by atoms with Crippen LogP contribution in [0.2, 0.25) is 0 Å². The molecular weight excluding hydrogens is 340 g/mol. The van der Waals surface area contributed by atoms with E-state index in [2.05, 4.69) is 20.3 Å². The molecule has 1 heterocycles. The van der Waals surface area contributed by atoms with Gasteiger partial charge in [0, 0.05) is 24.0 Å². The van der Waals surface area contributed by atoms with E-state index in [4.69, 9.17) is 0 Å². The van der Waals surface area contributed by atoms with Gasteiger partial charge in [-0.15, -0.1) is 0 Å². The third-order valence-electron chi connectivity index (χ3n) is 4.87. The average Bonchev–Trinajstić information content (AvgIpc) is 3.07. The van der Waals surface area contributed by atoms with Crippen molar-refractivity contribution in [3.8, 4) is 0 Å². The zero-order valence-electron chi connectivity index (χ0n) is 14.9. The van der Waals surface area contributed by atoms with Crippen molar-refractivity contribution in [2.45, 2.75) is 62.9 Å². The van der Waals surface area contributed by atoms with E-state index in [0.717, 1.165) is 12.3 Å². The Morgan fingerprint density at radius 2 is 2.00 bits per heavy atom. The predicted octanol–water partition coefficient (Wildman–Crippen LogP) is 2.47. The molecule has 7 nitrogen and oxygen atoms in total. The fraction of sp³-hybridized carbons (Fsp3) is 0.647. The average molecular weight is 366 g/mol. The number of urea groups is 1. The topological polar surface area (TPSA) is 100 Å². The molecule has 2 aliphatic rings. The number of nitrogens with one attached hydrogen (secondary N) is 3. The molecule has 2 fully saturated rings. The molecule has 0 radical (unpaired) electrons. The minimum absolute atomic E-state index is 0.00170. The van der Waals surface area contributed by atoms with Gasteiger partial charge in [-0.25, -0.2) is 17.9 Å². The van der Waals surface area contributed by atoms with Crippen molar-refractivity contribution in [3.63, 3.8) is 0 Å². The maximum Gasteiger partial charge on any atom is 0.329 e. The van der Waals surface area contributed by atoms with Gasteiger partial charge in [0.25, 0.3) is 10.0 Å². The highest BCUT2D eigenvalue weighted by Crippen LogP contribution is 2.45. The van der Waals surface area contributed by atoms with Crippen molar-refractivity contribution in [1.82, 2.24) is 15.0 Å². The number of anilines is 1. The number of carbonyl (C=O) groups is 1. The fourth-order valence-corrected chi connectivity index (χ4v) is 4.90. The van der Waals surface area contributed by atoms with Crippen LogP contribution in [0.15, 0.2) is 23.4 Å². The van der Waals surface area contributed by atoms with Gasteiger partial charge < -0.3 is 10.6 Å². The van der Waals surface area contributed by atoms with Crippen molar-refractivity contribution in [1.29, 1.82) is 0 Å². The lowest BCUT2D eigenvalue weighted by molar-refractivity contribution is 0.237. The zero-order chi connectivity index (χ0) is 18.2. The molecule has 2 amide bonds. The van der Waals surface area contributed by atoms with Gasteiger partial charge in [-0.1, -0.05) is 6.42 Å². The molecule has 2 saturated carbocycles. The number of pyridine rings is 1. The van der Waals surface area contributed by atoms with E-state index in [-0.39, 0.29) is 4.90 Å². The Balaban J connectivity index is 1.76. The number of hydrogen-bond acceptors (Lipinski definition) is 5. The summed E-state index contributed by atoms with van der Waals surface area (Å²) in [5.41, 5.74) is -0.0257. The van der Waals surface area contributed by atoms with Crippen LogP contribution in [0, 0.1) is 11.8 Å². The smallest absolute Gasteiger partial charge is 0.329 e. The van der Waals surface area contributed by atoms with E-state index in [9.17, 15) is 13.2 Å². The maximum atomic E-state index is 12.6. The molecule has 0 aromatic carbocycles. The number of fused-ring (bicyclic) bond motifs is 2. The van der Waals surface area contributed by atoms with Crippen molar-refractivity contribution < 1.29 is 13.2 Å². The molecule has 25 heavy (non-hydrogen) atoms. The van der Waals surface area contributed by atoms with Gasteiger partial charge in [0.1, 0.15) is 4.90 Å². The molecule has 0 saturated heterocycles. The number of hydrogen-bond donors (Lipinski definition) is 3. The van der Waals surface area contributed by atoms with E-state index in [0.29, 0.717) is 17.6 Å². The molecule has 3 rings (SSSR count). The third kappa shape index (κ3) is 4.23. The Hall–Kier alpha value is -1.83. The van der Waals surface area contributed by atoms with E-state index < -0.39 is 21.6 Å². The molecule has 138 valence electrons. The van der Waals surface area contributed by atoms with Crippen LogP contribution in [0.25, 0.3) is 0 Å². The highest BCUT2D eigenvalue weighted by atomic mass is 32.2. The Bertz CT molecular complexity index is 757. The molecule has 0 spiro atoms. The van der Waals surface area contributed by atoms with E-state index in [1.54, 1.807) is 33.0 Å². The molecule has 1 aromatic heterocycles. The number of sulfonamides is 1. The first-order valence-electron chi connectivity index (χ1n) is 8.69. The molecule has 8 heteroatoms. The van der Waals surface area contributed by atoms with Crippen LogP contribution in [-0.4, -0.2) is 31.0 Å². The minimum Gasteiger partial charge on any atom is -0.381 e. The fourth-order valence-electron chi connectivity index (χ4n) is 3.88. The molecule has 2 aliphatic carbocycles. The molecule has 0 aliphatic heterocycles. The maximum absolute atomic E-state index is 12.6. The Labute approximate surface area is 149 Å². The summed E-state index contributed by atoms with van der Waals surface area (Å²) < 4.78 is 27.3. The first-order valence-corrected chi connectivity index (χ1v) is 10.2. The van der Waals surface area contributed by atoms with Gasteiger partial charge in [0.05, 0.1) is 5.69 Å². The minimum atomic E-state index is -4.00. The summed E-state index contributed by atoms with van der Waals surface area (Å²) in [6.45, 7) is 5.35.